The van der Waals surface area contributed by atoms with E-state index in [1.807, 2.05) is 0 Å². The average molecular weight is 368 g/mol. The van der Waals surface area contributed by atoms with E-state index in [0.717, 1.165) is 0 Å². The standard InChI is InChI=1S/C16H12BrClO3/c1-21-12-5-2-10(3-6-12)15(19)9-16(20)13-8-11(18)4-7-14(13)17/h2-8H,9H2,1H3. The van der Waals surface area contributed by atoms with Gasteiger partial charge in [-0.05, 0) is 42.5 Å². The van der Waals surface area contributed by atoms with Gasteiger partial charge in [-0.2, -0.15) is 0 Å². The maximum atomic E-state index is 12.2. The summed E-state index contributed by atoms with van der Waals surface area (Å²) in [6, 6.07) is 11.6. The Hall–Kier alpha value is -1.65. The van der Waals surface area contributed by atoms with Crippen molar-refractivity contribution in [3.63, 3.8) is 0 Å². The fourth-order valence-corrected chi connectivity index (χ4v) is 2.47. The molecule has 2 aromatic rings. The lowest BCUT2D eigenvalue weighted by atomic mass is 10.0. The molecular formula is C16H12BrClO3. The molecule has 0 fully saturated rings. The fraction of sp³-hybridized carbons (Fsp3) is 0.125. The monoisotopic (exact) mass is 366 g/mol. The minimum Gasteiger partial charge on any atom is -0.497 e. The molecule has 0 spiro atoms. The van der Waals surface area contributed by atoms with Crippen LogP contribution in [0.25, 0.3) is 0 Å². The van der Waals surface area contributed by atoms with Crippen molar-refractivity contribution in [3.05, 3.63) is 63.1 Å². The third-order valence-corrected chi connectivity index (χ3v) is 3.89. The molecule has 0 bridgehead atoms. The predicted octanol–water partition coefficient (Wildman–Crippen LogP) is 4.57. The van der Waals surface area contributed by atoms with Crippen molar-refractivity contribution in [2.75, 3.05) is 7.11 Å². The topological polar surface area (TPSA) is 43.4 Å². The molecule has 108 valence electrons. The number of Topliss-reactive ketones (excluding diaryl/α,β-unsaturated/α-hetero) is 2. The first-order chi connectivity index (χ1) is 10.0. The summed E-state index contributed by atoms with van der Waals surface area (Å²) >= 11 is 9.16. The number of ketones is 2. The Morgan fingerprint density at radius 3 is 2.38 bits per heavy atom. The summed E-state index contributed by atoms with van der Waals surface area (Å²) in [6.07, 6.45) is -0.203. The number of carbonyl (C=O) groups excluding carboxylic acids is 2. The van der Waals surface area contributed by atoms with Gasteiger partial charge >= 0.3 is 0 Å². The zero-order chi connectivity index (χ0) is 15.4. The lowest BCUT2D eigenvalue weighted by Gasteiger charge is -2.05. The zero-order valence-corrected chi connectivity index (χ0v) is 13.6. The molecule has 0 radical (unpaired) electrons. The summed E-state index contributed by atoms with van der Waals surface area (Å²) in [5.41, 5.74) is 0.881. The predicted molar refractivity (Wildman–Crippen MR) is 85.4 cm³/mol. The van der Waals surface area contributed by atoms with Crippen LogP contribution in [-0.4, -0.2) is 18.7 Å². The Morgan fingerprint density at radius 1 is 1.10 bits per heavy atom. The van der Waals surface area contributed by atoms with Crippen molar-refractivity contribution in [3.8, 4) is 5.75 Å². The fourth-order valence-electron chi connectivity index (χ4n) is 1.83. The SMILES string of the molecule is COc1ccc(C(=O)CC(=O)c2cc(Cl)ccc2Br)cc1. The molecule has 3 nitrogen and oxygen atoms in total. The molecule has 21 heavy (non-hydrogen) atoms. The molecule has 2 aromatic carbocycles. The van der Waals surface area contributed by atoms with Crippen LogP contribution in [0.3, 0.4) is 0 Å². The number of methoxy groups -OCH3 is 1. The van der Waals surface area contributed by atoms with Crippen LogP contribution in [0.1, 0.15) is 27.1 Å². The third kappa shape index (κ3) is 3.93. The van der Waals surface area contributed by atoms with Gasteiger partial charge in [-0.3, -0.25) is 9.59 Å². The molecule has 0 aliphatic heterocycles. The second kappa shape index (κ2) is 6.87. The summed E-state index contributed by atoms with van der Waals surface area (Å²) in [5, 5.41) is 0.457. The van der Waals surface area contributed by atoms with Crippen LogP contribution in [0.15, 0.2) is 46.9 Å². The highest BCUT2D eigenvalue weighted by Crippen LogP contribution is 2.23. The lowest BCUT2D eigenvalue weighted by Crippen LogP contribution is -2.09. The zero-order valence-electron chi connectivity index (χ0n) is 11.2. The van der Waals surface area contributed by atoms with Crippen LogP contribution in [0, 0.1) is 0 Å². The molecule has 0 saturated carbocycles. The molecule has 0 atom stereocenters. The maximum Gasteiger partial charge on any atom is 0.171 e. The van der Waals surface area contributed by atoms with Crippen LogP contribution in [0.5, 0.6) is 5.75 Å². The molecule has 0 unspecified atom stereocenters. The van der Waals surface area contributed by atoms with Gasteiger partial charge in [-0.1, -0.05) is 27.5 Å². The average Bonchev–Trinajstić information content (AvgIpc) is 2.49. The van der Waals surface area contributed by atoms with E-state index in [1.54, 1.807) is 49.6 Å². The highest BCUT2D eigenvalue weighted by Gasteiger charge is 2.16. The molecular weight excluding hydrogens is 356 g/mol. The summed E-state index contributed by atoms with van der Waals surface area (Å²) in [5.74, 6) is 0.148. The van der Waals surface area contributed by atoms with E-state index in [0.29, 0.717) is 26.4 Å². The molecule has 0 amide bonds. The van der Waals surface area contributed by atoms with Crippen LogP contribution in [0.4, 0.5) is 0 Å². The van der Waals surface area contributed by atoms with E-state index >= 15 is 0 Å². The van der Waals surface area contributed by atoms with E-state index < -0.39 is 0 Å². The first-order valence-electron chi connectivity index (χ1n) is 6.17. The van der Waals surface area contributed by atoms with Crippen molar-refractivity contribution < 1.29 is 14.3 Å². The van der Waals surface area contributed by atoms with Gasteiger partial charge in [0.1, 0.15) is 5.75 Å². The van der Waals surface area contributed by atoms with Gasteiger partial charge < -0.3 is 4.74 Å². The Labute approximate surface area is 136 Å². The van der Waals surface area contributed by atoms with Crippen LogP contribution in [-0.2, 0) is 0 Å². The first-order valence-corrected chi connectivity index (χ1v) is 7.34. The van der Waals surface area contributed by atoms with Crippen molar-refractivity contribution in [1.29, 1.82) is 0 Å². The molecule has 0 N–H and O–H groups in total. The third-order valence-electron chi connectivity index (χ3n) is 2.96. The van der Waals surface area contributed by atoms with Crippen molar-refractivity contribution in [1.82, 2.24) is 0 Å². The molecule has 0 saturated heterocycles. The minimum atomic E-state index is -0.273. The Bertz CT molecular complexity index is 680. The van der Waals surface area contributed by atoms with E-state index in [1.165, 1.54) is 0 Å². The molecule has 2 rings (SSSR count). The molecule has 0 aromatic heterocycles. The number of benzene rings is 2. The Balaban J connectivity index is 2.14. The van der Waals surface area contributed by atoms with Gasteiger partial charge in [0.2, 0.25) is 0 Å². The van der Waals surface area contributed by atoms with E-state index in [9.17, 15) is 9.59 Å². The van der Waals surface area contributed by atoms with Gasteiger partial charge in [0.25, 0.3) is 0 Å². The van der Waals surface area contributed by atoms with Gasteiger partial charge in [0.15, 0.2) is 11.6 Å². The maximum absolute atomic E-state index is 12.2. The van der Waals surface area contributed by atoms with E-state index in [4.69, 9.17) is 16.3 Å². The number of carbonyl (C=O) groups is 2. The quantitative estimate of drug-likeness (QED) is 0.574. The number of hydrogen-bond donors (Lipinski definition) is 0. The van der Waals surface area contributed by atoms with Crippen LogP contribution >= 0.6 is 27.5 Å². The molecule has 0 aliphatic rings. The molecule has 0 heterocycles. The van der Waals surface area contributed by atoms with Crippen LogP contribution < -0.4 is 4.74 Å². The number of hydrogen-bond acceptors (Lipinski definition) is 3. The highest BCUT2D eigenvalue weighted by atomic mass is 79.9. The van der Waals surface area contributed by atoms with E-state index in [2.05, 4.69) is 15.9 Å². The van der Waals surface area contributed by atoms with Crippen molar-refractivity contribution in [2.24, 2.45) is 0 Å². The van der Waals surface area contributed by atoms with Gasteiger partial charge in [-0.25, -0.2) is 0 Å². The number of halogens is 2. The van der Waals surface area contributed by atoms with Gasteiger partial charge in [-0.15, -0.1) is 0 Å². The summed E-state index contributed by atoms with van der Waals surface area (Å²) in [7, 11) is 1.55. The Morgan fingerprint density at radius 2 is 1.76 bits per heavy atom. The van der Waals surface area contributed by atoms with Gasteiger partial charge in [0, 0.05) is 20.6 Å². The lowest BCUT2D eigenvalue weighted by molar-refractivity contribution is 0.0894. The minimum absolute atomic E-state index is 0.203. The summed E-state index contributed by atoms with van der Waals surface area (Å²) in [4.78, 5) is 24.3. The Kier molecular flexibility index (Phi) is 5.15. The van der Waals surface area contributed by atoms with E-state index in [-0.39, 0.29) is 18.0 Å². The smallest absolute Gasteiger partial charge is 0.171 e. The van der Waals surface area contributed by atoms with Gasteiger partial charge in [0.05, 0.1) is 13.5 Å². The summed E-state index contributed by atoms with van der Waals surface area (Å²) in [6.45, 7) is 0. The second-order valence-electron chi connectivity index (χ2n) is 4.38. The molecule has 0 aliphatic carbocycles. The van der Waals surface area contributed by atoms with Crippen LogP contribution in [0.2, 0.25) is 5.02 Å². The van der Waals surface area contributed by atoms with Crippen molar-refractivity contribution in [2.45, 2.75) is 6.42 Å². The number of ether oxygens (including phenoxy) is 1. The normalized spacial score (nSPS) is 10.2. The second-order valence-corrected chi connectivity index (χ2v) is 5.67. The molecule has 5 heteroatoms. The van der Waals surface area contributed by atoms with Crippen molar-refractivity contribution >= 4 is 39.1 Å². The largest absolute Gasteiger partial charge is 0.497 e. The highest BCUT2D eigenvalue weighted by molar-refractivity contribution is 9.10. The first kappa shape index (κ1) is 15.7. The number of rotatable bonds is 5. The summed E-state index contributed by atoms with van der Waals surface area (Å²) < 4.78 is 5.65.